The van der Waals surface area contributed by atoms with E-state index in [9.17, 15) is 0 Å². The fraction of sp³-hybridized carbons (Fsp3) is 0.429. The van der Waals surface area contributed by atoms with E-state index in [1.165, 1.54) is 0 Å². The van der Waals surface area contributed by atoms with E-state index in [-0.39, 0.29) is 0 Å². The average molecular weight is 257 g/mol. The lowest BCUT2D eigenvalue weighted by Gasteiger charge is -2.32. The van der Waals surface area contributed by atoms with Gasteiger partial charge in [-0.15, -0.1) is 10.2 Å². The number of rotatable bonds is 3. The molecule has 5 nitrogen and oxygen atoms in total. The monoisotopic (exact) mass is 257 g/mol. The Morgan fingerprint density at radius 1 is 1.21 bits per heavy atom. The molecular weight excluding hydrogens is 238 g/mol. The van der Waals surface area contributed by atoms with Gasteiger partial charge < -0.3 is 15.2 Å². The van der Waals surface area contributed by atoms with Gasteiger partial charge >= 0.3 is 0 Å². The molecule has 100 valence electrons. The van der Waals surface area contributed by atoms with Crippen LogP contribution in [0, 0.1) is 0 Å². The molecule has 0 spiro atoms. The number of anilines is 1. The van der Waals surface area contributed by atoms with Crippen molar-refractivity contribution in [3.63, 3.8) is 0 Å². The minimum absolute atomic E-state index is 0.641. The lowest BCUT2D eigenvalue weighted by atomic mass is 10.1. The fourth-order valence-corrected chi connectivity index (χ4v) is 2.52. The summed E-state index contributed by atoms with van der Waals surface area (Å²) in [5, 5.41) is 12.0. The van der Waals surface area contributed by atoms with Gasteiger partial charge in [-0.25, -0.2) is 0 Å². The summed E-state index contributed by atoms with van der Waals surface area (Å²) >= 11 is 0. The van der Waals surface area contributed by atoms with Crippen molar-refractivity contribution in [2.45, 2.75) is 18.9 Å². The van der Waals surface area contributed by atoms with E-state index in [0.717, 1.165) is 43.1 Å². The lowest BCUT2D eigenvalue weighted by Crippen LogP contribution is -2.41. The highest BCUT2D eigenvalue weighted by atomic mass is 15.3. The summed E-state index contributed by atoms with van der Waals surface area (Å²) < 4.78 is 0. The van der Waals surface area contributed by atoms with Crippen molar-refractivity contribution in [2.24, 2.45) is 0 Å². The van der Waals surface area contributed by atoms with Crippen LogP contribution in [0.3, 0.4) is 0 Å². The maximum Gasteiger partial charge on any atom is 0.151 e. The topological polar surface area (TPSA) is 56.8 Å². The molecule has 0 aliphatic carbocycles. The van der Waals surface area contributed by atoms with E-state index in [2.05, 4.69) is 31.5 Å². The first kappa shape index (κ1) is 12.2. The Kier molecular flexibility index (Phi) is 3.46. The van der Waals surface area contributed by atoms with Crippen molar-refractivity contribution in [2.75, 3.05) is 25.0 Å². The highest BCUT2D eigenvalue weighted by Gasteiger charge is 2.18. The van der Waals surface area contributed by atoms with Crippen LogP contribution in [0.2, 0.25) is 0 Å². The van der Waals surface area contributed by atoms with E-state index >= 15 is 0 Å². The highest BCUT2D eigenvalue weighted by Crippen LogP contribution is 2.19. The minimum atomic E-state index is 0.641. The van der Waals surface area contributed by atoms with E-state index in [1.54, 1.807) is 0 Å². The summed E-state index contributed by atoms with van der Waals surface area (Å²) in [7, 11) is 2.03. The summed E-state index contributed by atoms with van der Waals surface area (Å²) in [6.07, 6.45) is 4.22. The van der Waals surface area contributed by atoms with Crippen molar-refractivity contribution >= 4 is 5.82 Å². The maximum absolute atomic E-state index is 4.34. The van der Waals surface area contributed by atoms with Crippen LogP contribution < -0.4 is 10.2 Å². The van der Waals surface area contributed by atoms with E-state index < -0.39 is 0 Å². The maximum atomic E-state index is 4.34. The first-order valence-electron chi connectivity index (χ1n) is 6.76. The molecule has 2 aromatic rings. The molecule has 19 heavy (non-hydrogen) atoms. The van der Waals surface area contributed by atoms with Gasteiger partial charge in [-0.3, -0.25) is 0 Å². The summed E-state index contributed by atoms with van der Waals surface area (Å²) in [6.45, 7) is 2.09. The molecule has 3 heterocycles. The van der Waals surface area contributed by atoms with Gasteiger partial charge in [0, 0.05) is 25.3 Å². The molecular formula is C14H19N5. The average Bonchev–Trinajstić information content (AvgIpc) is 3.02. The number of aromatic amines is 1. The van der Waals surface area contributed by atoms with Crippen LogP contribution >= 0.6 is 0 Å². The van der Waals surface area contributed by atoms with E-state index in [0.29, 0.717) is 6.04 Å². The molecule has 1 fully saturated rings. The van der Waals surface area contributed by atoms with Crippen LogP contribution in [0.15, 0.2) is 30.5 Å². The Morgan fingerprint density at radius 3 is 2.63 bits per heavy atom. The number of aromatic nitrogens is 3. The predicted molar refractivity (Wildman–Crippen MR) is 76.1 cm³/mol. The molecule has 3 rings (SSSR count). The molecule has 1 saturated heterocycles. The predicted octanol–water partition coefficient (Wildman–Crippen LogP) is 1.66. The van der Waals surface area contributed by atoms with Gasteiger partial charge in [-0.2, -0.15) is 0 Å². The normalized spacial score (nSPS) is 16.8. The van der Waals surface area contributed by atoms with Gasteiger partial charge in [-0.1, -0.05) is 0 Å². The molecule has 0 amide bonds. The smallest absolute Gasteiger partial charge is 0.151 e. The molecule has 0 aromatic carbocycles. The Bertz CT molecular complexity index is 497. The Hall–Kier alpha value is -1.88. The van der Waals surface area contributed by atoms with Gasteiger partial charge in [0.1, 0.15) is 5.69 Å². The van der Waals surface area contributed by atoms with Crippen LogP contribution in [0.4, 0.5) is 5.82 Å². The van der Waals surface area contributed by atoms with Crippen LogP contribution in [0.5, 0.6) is 0 Å². The summed E-state index contributed by atoms with van der Waals surface area (Å²) in [4.78, 5) is 5.45. The van der Waals surface area contributed by atoms with Crippen LogP contribution in [-0.4, -0.2) is 41.4 Å². The van der Waals surface area contributed by atoms with Gasteiger partial charge in [0.15, 0.2) is 5.82 Å². The summed E-state index contributed by atoms with van der Waals surface area (Å²) in [5.74, 6) is 0.977. The standard InChI is InChI=1S/C14H19N5/c1-15-11-6-9-19(10-7-11)14-5-4-13(17-18-14)12-3-2-8-16-12/h2-5,8,11,15-16H,6-7,9-10H2,1H3. The molecule has 2 N–H and O–H groups in total. The molecule has 0 radical (unpaired) electrons. The minimum Gasteiger partial charge on any atom is -0.360 e. The first-order valence-corrected chi connectivity index (χ1v) is 6.76. The van der Waals surface area contributed by atoms with Crippen molar-refractivity contribution in [3.8, 4) is 11.4 Å². The Balaban J connectivity index is 1.70. The lowest BCUT2D eigenvalue weighted by molar-refractivity contribution is 0.440. The highest BCUT2D eigenvalue weighted by molar-refractivity contribution is 5.55. The molecule has 0 bridgehead atoms. The van der Waals surface area contributed by atoms with E-state index in [4.69, 9.17) is 0 Å². The van der Waals surface area contributed by atoms with Gasteiger partial charge in [0.25, 0.3) is 0 Å². The quantitative estimate of drug-likeness (QED) is 0.878. The van der Waals surface area contributed by atoms with Crippen LogP contribution in [-0.2, 0) is 0 Å². The number of hydrogen-bond donors (Lipinski definition) is 2. The van der Waals surface area contributed by atoms with Crippen molar-refractivity contribution < 1.29 is 0 Å². The van der Waals surface area contributed by atoms with Crippen molar-refractivity contribution in [3.05, 3.63) is 30.5 Å². The zero-order valence-corrected chi connectivity index (χ0v) is 11.1. The second-order valence-corrected chi connectivity index (χ2v) is 4.91. The first-order chi connectivity index (χ1) is 9.36. The molecule has 1 aliphatic heterocycles. The fourth-order valence-electron chi connectivity index (χ4n) is 2.52. The van der Waals surface area contributed by atoms with Crippen molar-refractivity contribution in [1.29, 1.82) is 0 Å². The number of H-pyrrole nitrogens is 1. The zero-order chi connectivity index (χ0) is 13.1. The summed E-state index contributed by atoms with van der Waals surface area (Å²) in [5.41, 5.74) is 1.90. The van der Waals surface area contributed by atoms with Crippen LogP contribution in [0.1, 0.15) is 12.8 Å². The number of nitrogens with zero attached hydrogens (tertiary/aromatic N) is 3. The zero-order valence-electron chi connectivity index (χ0n) is 11.1. The number of piperidine rings is 1. The number of nitrogens with one attached hydrogen (secondary N) is 2. The van der Waals surface area contributed by atoms with Gasteiger partial charge in [-0.05, 0) is 44.2 Å². The SMILES string of the molecule is CNC1CCN(c2ccc(-c3ccc[nH]3)nn2)CC1. The molecule has 1 aliphatic rings. The third kappa shape index (κ3) is 2.61. The molecule has 0 saturated carbocycles. The Labute approximate surface area is 113 Å². The van der Waals surface area contributed by atoms with Crippen molar-refractivity contribution in [1.82, 2.24) is 20.5 Å². The van der Waals surface area contributed by atoms with Gasteiger partial charge in [0.2, 0.25) is 0 Å². The third-order valence-corrected chi connectivity index (χ3v) is 3.75. The molecule has 0 atom stereocenters. The third-order valence-electron chi connectivity index (χ3n) is 3.75. The largest absolute Gasteiger partial charge is 0.360 e. The second-order valence-electron chi connectivity index (χ2n) is 4.91. The van der Waals surface area contributed by atoms with Gasteiger partial charge in [0.05, 0.1) is 5.69 Å². The molecule has 5 heteroatoms. The molecule has 0 unspecified atom stereocenters. The summed E-state index contributed by atoms with van der Waals surface area (Å²) in [6, 6.07) is 8.69. The van der Waals surface area contributed by atoms with E-state index in [1.807, 2.05) is 31.4 Å². The second kappa shape index (κ2) is 5.40. The number of hydrogen-bond acceptors (Lipinski definition) is 4. The Morgan fingerprint density at radius 2 is 2.05 bits per heavy atom. The molecule has 2 aromatic heterocycles. The van der Waals surface area contributed by atoms with Crippen LogP contribution in [0.25, 0.3) is 11.4 Å².